The molecule has 0 spiro atoms. The molecule has 1 rings (SSSR count). The first-order chi connectivity index (χ1) is 8.20. The molecule has 4 N–H and O–H groups in total. The topological polar surface area (TPSA) is 80.0 Å². The third kappa shape index (κ3) is 3.67. The van der Waals surface area contributed by atoms with E-state index in [1.54, 1.807) is 0 Å². The molecule has 0 aliphatic carbocycles. The van der Waals surface area contributed by atoms with E-state index < -0.39 is 11.7 Å². The number of halogens is 1. The smallest absolute Gasteiger partial charge is 0.254 e. The van der Waals surface area contributed by atoms with Gasteiger partial charge in [-0.1, -0.05) is 19.8 Å². The van der Waals surface area contributed by atoms with Crippen molar-refractivity contribution < 1.29 is 9.18 Å². The number of carbonyl (C=O) groups excluding carboxylic acids is 1. The maximum Gasteiger partial charge on any atom is 0.254 e. The number of nitrogens with one attached hydrogen (secondary N) is 2. The predicted octanol–water partition coefficient (Wildman–Crippen LogP) is 1.43. The molecule has 0 radical (unpaired) electrons. The summed E-state index contributed by atoms with van der Waals surface area (Å²) in [5, 5.41) is 2.65. The van der Waals surface area contributed by atoms with E-state index in [4.69, 9.17) is 5.84 Å². The van der Waals surface area contributed by atoms with E-state index in [1.807, 2.05) is 0 Å². The highest BCUT2D eigenvalue weighted by Gasteiger charge is 2.14. The van der Waals surface area contributed by atoms with E-state index >= 15 is 0 Å². The van der Waals surface area contributed by atoms with Gasteiger partial charge in [-0.2, -0.15) is 0 Å². The monoisotopic (exact) mass is 240 g/mol. The van der Waals surface area contributed by atoms with Crippen molar-refractivity contribution in [1.82, 2.24) is 10.3 Å². The number of nitrogen functional groups attached to an aromatic ring is 1. The van der Waals surface area contributed by atoms with Gasteiger partial charge in [0.1, 0.15) is 0 Å². The van der Waals surface area contributed by atoms with Gasteiger partial charge in [0.25, 0.3) is 5.91 Å². The molecule has 0 saturated carbocycles. The minimum absolute atomic E-state index is 0.0514. The standard InChI is InChI=1S/C11H17FN4O/c1-2-3-4-6-15-11(17)8-5-7-14-10(16-13)9(8)12/h5,7H,2-4,6,13H2,1H3,(H,14,16)(H,15,17). The van der Waals surface area contributed by atoms with Crippen molar-refractivity contribution in [2.75, 3.05) is 12.0 Å². The summed E-state index contributed by atoms with van der Waals surface area (Å²) in [5.74, 6) is 3.76. The molecule has 0 saturated heterocycles. The van der Waals surface area contributed by atoms with E-state index in [0.29, 0.717) is 6.54 Å². The van der Waals surface area contributed by atoms with Crippen LogP contribution in [0.4, 0.5) is 10.2 Å². The molecule has 0 atom stereocenters. The van der Waals surface area contributed by atoms with Gasteiger partial charge in [0, 0.05) is 12.7 Å². The van der Waals surface area contributed by atoms with Crippen LogP contribution >= 0.6 is 0 Å². The highest BCUT2D eigenvalue weighted by atomic mass is 19.1. The van der Waals surface area contributed by atoms with Crippen molar-refractivity contribution in [3.8, 4) is 0 Å². The van der Waals surface area contributed by atoms with Gasteiger partial charge < -0.3 is 10.7 Å². The fourth-order valence-electron chi connectivity index (χ4n) is 1.39. The van der Waals surface area contributed by atoms with Crippen LogP contribution in [0.2, 0.25) is 0 Å². The summed E-state index contributed by atoms with van der Waals surface area (Å²) in [5.41, 5.74) is 2.05. The van der Waals surface area contributed by atoms with Crippen molar-refractivity contribution in [3.05, 3.63) is 23.6 Å². The van der Waals surface area contributed by atoms with Crippen LogP contribution in [0.1, 0.15) is 36.5 Å². The number of hydrazine groups is 1. The second kappa shape index (κ2) is 6.80. The van der Waals surface area contributed by atoms with Crippen molar-refractivity contribution >= 4 is 11.7 Å². The molecular formula is C11H17FN4O. The molecule has 1 amide bonds. The number of hydrogen-bond donors (Lipinski definition) is 3. The second-order valence-corrected chi connectivity index (χ2v) is 3.63. The predicted molar refractivity (Wildman–Crippen MR) is 63.9 cm³/mol. The Morgan fingerprint density at radius 2 is 2.29 bits per heavy atom. The van der Waals surface area contributed by atoms with Gasteiger partial charge in [-0.15, -0.1) is 0 Å². The number of aromatic nitrogens is 1. The molecule has 0 fully saturated rings. The number of nitrogens with zero attached hydrogens (tertiary/aromatic N) is 1. The zero-order valence-corrected chi connectivity index (χ0v) is 9.79. The third-order valence-corrected chi connectivity index (χ3v) is 2.34. The van der Waals surface area contributed by atoms with Crippen molar-refractivity contribution in [2.45, 2.75) is 26.2 Å². The molecule has 0 aliphatic rings. The fraction of sp³-hybridized carbons (Fsp3) is 0.455. The summed E-state index contributed by atoms with van der Waals surface area (Å²) in [6.07, 6.45) is 4.33. The Labute approximate surface area is 99.6 Å². The minimum Gasteiger partial charge on any atom is -0.352 e. The average Bonchev–Trinajstić information content (AvgIpc) is 2.34. The molecule has 1 heterocycles. The Hall–Kier alpha value is -1.69. The molecule has 17 heavy (non-hydrogen) atoms. The first-order valence-corrected chi connectivity index (χ1v) is 5.60. The van der Waals surface area contributed by atoms with Crippen LogP contribution in [0.3, 0.4) is 0 Å². The van der Waals surface area contributed by atoms with Crippen LogP contribution in [0.25, 0.3) is 0 Å². The van der Waals surface area contributed by atoms with Crippen LogP contribution in [0.15, 0.2) is 12.3 Å². The minimum atomic E-state index is -0.733. The maximum absolute atomic E-state index is 13.6. The number of rotatable bonds is 6. The van der Waals surface area contributed by atoms with Crippen LogP contribution in [-0.4, -0.2) is 17.4 Å². The zero-order valence-electron chi connectivity index (χ0n) is 9.79. The van der Waals surface area contributed by atoms with Gasteiger partial charge in [0.2, 0.25) is 0 Å². The number of amides is 1. The lowest BCUT2D eigenvalue weighted by atomic mass is 10.2. The zero-order chi connectivity index (χ0) is 12.7. The lowest BCUT2D eigenvalue weighted by Crippen LogP contribution is -2.26. The van der Waals surface area contributed by atoms with Gasteiger partial charge in [0.15, 0.2) is 11.6 Å². The summed E-state index contributed by atoms with van der Waals surface area (Å²) in [6.45, 7) is 2.61. The SMILES string of the molecule is CCCCCNC(=O)c1ccnc(NN)c1F. The molecular weight excluding hydrogens is 223 g/mol. The van der Waals surface area contributed by atoms with Crippen LogP contribution in [0.5, 0.6) is 0 Å². The Bertz CT molecular complexity index is 384. The molecule has 5 nitrogen and oxygen atoms in total. The van der Waals surface area contributed by atoms with E-state index in [-0.39, 0.29) is 11.4 Å². The van der Waals surface area contributed by atoms with E-state index in [2.05, 4.69) is 22.7 Å². The summed E-state index contributed by atoms with van der Waals surface area (Å²) < 4.78 is 13.6. The van der Waals surface area contributed by atoms with E-state index in [0.717, 1.165) is 19.3 Å². The van der Waals surface area contributed by atoms with Crippen molar-refractivity contribution in [1.29, 1.82) is 0 Å². The molecule has 0 bridgehead atoms. The Morgan fingerprint density at radius 3 is 2.94 bits per heavy atom. The number of anilines is 1. The third-order valence-electron chi connectivity index (χ3n) is 2.34. The first-order valence-electron chi connectivity index (χ1n) is 5.60. The molecule has 1 aromatic rings. The van der Waals surface area contributed by atoms with Crippen molar-refractivity contribution in [2.24, 2.45) is 5.84 Å². The van der Waals surface area contributed by atoms with Gasteiger partial charge in [0.05, 0.1) is 5.56 Å². The Balaban J connectivity index is 2.62. The number of carbonyl (C=O) groups is 1. The second-order valence-electron chi connectivity index (χ2n) is 3.63. The van der Waals surface area contributed by atoms with Crippen LogP contribution < -0.4 is 16.6 Å². The largest absolute Gasteiger partial charge is 0.352 e. The van der Waals surface area contributed by atoms with Gasteiger partial charge in [-0.25, -0.2) is 15.2 Å². The highest BCUT2D eigenvalue weighted by Crippen LogP contribution is 2.13. The Morgan fingerprint density at radius 1 is 1.53 bits per heavy atom. The highest BCUT2D eigenvalue weighted by molar-refractivity contribution is 5.95. The van der Waals surface area contributed by atoms with Crippen LogP contribution in [-0.2, 0) is 0 Å². The summed E-state index contributed by atoms with van der Waals surface area (Å²) in [6, 6.07) is 1.32. The molecule has 0 unspecified atom stereocenters. The number of hydrogen-bond acceptors (Lipinski definition) is 4. The van der Waals surface area contributed by atoms with Gasteiger partial charge in [-0.05, 0) is 12.5 Å². The number of unbranched alkanes of at least 4 members (excludes halogenated alkanes) is 2. The molecule has 0 aliphatic heterocycles. The lowest BCUT2D eigenvalue weighted by Gasteiger charge is -2.07. The quantitative estimate of drug-likeness (QED) is 0.399. The van der Waals surface area contributed by atoms with E-state index in [1.165, 1.54) is 12.3 Å². The van der Waals surface area contributed by atoms with Gasteiger partial charge >= 0.3 is 0 Å². The summed E-state index contributed by atoms with van der Waals surface area (Å²) in [7, 11) is 0. The van der Waals surface area contributed by atoms with Gasteiger partial charge in [-0.3, -0.25) is 4.79 Å². The van der Waals surface area contributed by atoms with Crippen LogP contribution in [0, 0.1) is 5.82 Å². The average molecular weight is 240 g/mol. The summed E-state index contributed by atoms with van der Waals surface area (Å²) in [4.78, 5) is 15.3. The molecule has 1 aromatic heterocycles. The molecule has 0 aromatic carbocycles. The lowest BCUT2D eigenvalue weighted by molar-refractivity contribution is 0.0949. The molecule has 6 heteroatoms. The fourth-order valence-corrected chi connectivity index (χ4v) is 1.39. The molecule has 94 valence electrons. The van der Waals surface area contributed by atoms with Crippen molar-refractivity contribution in [3.63, 3.8) is 0 Å². The van der Waals surface area contributed by atoms with E-state index in [9.17, 15) is 9.18 Å². The maximum atomic E-state index is 13.6. The normalized spacial score (nSPS) is 10.1. The number of pyridine rings is 1. The number of nitrogens with two attached hydrogens (primary N) is 1. The Kier molecular flexibility index (Phi) is 5.35. The summed E-state index contributed by atoms with van der Waals surface area (Å²) >= 11 is 0. The first kappa shape index (κ1) is 13.4.